The molecule has 1 aromatic heterocycles. The van der Waals surface area contributed by atoms with Crippen LogP contribution in [0.3, 0.4) is 0 Å². The Morgan fingerprint density at radius 1 is 1.07 bits per heavy atom. The molecule has 3 aromatic rings. The zero-order valence-corrected chi connectivity index (χ0v) is 15.2. The van der Waals surface area contributed by atoms with Crippen LogP contribution in [0.15, 0.2) is 65.2 Å². The van der Waals surface area contributed by atoms with Gasteiger partial charge in [0.1, 0.15) is 22.9 Å². The van der Waals surface area contributed by atoms with Gasteiger partial charge in [-0.2, -0.15) is 0 Å². The summed E-state index contributed by atoms with van der Waals surface area (Å²) in [5, 5.41) is 7.18. The van der Waals surface area contributed by atoms with E-state index in [1.165, 1.54) is 42.5 Å². The van der Waals surface area contributed by atoms with E-state index < -0.39 is 17.8 Å². The van der Waals surface area contributed by atoms with Gasteiger partial charge in [-0.05, 0) is 42.8 Å². The largest absolute Gasteiger partial charge is 0.573 e. The molecule has 4 rings (SSSR count). The Morgan fingerprint density at radius 2 is 1.80 bits per heavy atom. The van der Waals surface area contributed by atoms with E-state index in [2.05, 4.69) is 20.4 Å². The van der Waals surface area contributed by atoms with Crippen molar-refractivity contribution in [1.82, 2.24) is 15.7 Å². The maximum atomic E-state index is 14.0. The maximum absolute atomic E-state index is 14.0. The molecule has 0 amide bonds. The second kappa shape index (κ2) is 7.34. The smallest absolute Gasteiger partial charge is 0.439 e. The van der Waals surface area contributed by atoms with Gasteiger partial charge in [-0.3, -0.25) is 4.84 Å². The van der Waals surface area contributed by atoms with E-state index in [-0.39, 0.29) is 28.8 Å². The third-order valence-electron chi connectivity index (χ3n) is 4.19. The fourth-order valence-corrected chi connectivity index (χ4v) is 2.79. The van der Waals surface area contributed by atoms with Crippen LogP contribution in [0.4, 0.5) is 17.6 Å². The average Bonchev–Trinajstić information content (AvgIpc) is 3.33. The highest BCUT2D eigenvalue weighted by Crippen LogP contribution is 2.34. The molecular weight excluding hydrogens is 410 g/mol. The predicted octanol–water partition coefficient (Wildman–Crippen LogP) is 4.44. The molecule has 1 aliphatic rings. The summed E-state index contributed by atoms with van der Waals surface area (Å²) in [6.07, 6.45) is -2.11. The lowest BCUT2D eigenvalue weighted by Crippen LogP contribution is -2.23. The van der Waals surface area contributed by atoms with Gasteiger partial charge in [0, 0.05) is 6.08 Å². The first kappa shape index (κ1) is 19.7. The van der Waals surface area contributed by atoms with Crippen molar-refractivity contribution < 1.29 is 36.3 Å². The van der Waals surface area contributed by atoms with Crippen LogP contribution >= 0.6 is 0 Å². The summed E-state index contributed by atoms with van der Waals surface area (Å²) in [6.45, 7) is 1.69. The van der Waals surface area contributed by atoms with E-state index in [0.717, 1.165) is 6.39 Å². The first-order valence-corrected chi connectivity index (χ1v) is 8.49. The van der Waals surface area contributed by atoms with E-state index in [0.29, 0.717) is 5.56 Å². The number of hydrogen-bond donors (Lipinski definition) is 1. The van der Waals surface area contributed by atoms with Crippen molar-refractivity contribution in [2.45, 2.75) is 18.9 Å². The van der Waals surface area contributed by atoms with Crippen molar-refractivity contribution in [2.24, 2.45) is 0 Å². The van der Waals surface area contributed by atoms with Crippen LogP contribution in [0.1, 0.15) is 12.5 Å². The van der Waals surface area contributed by atoms with Crippen molar-refractivity contribution in [3.63, 3.8) is 0 Å². The van der Waals surface area contributed by atoms with Crippen molar-refractivity contribution in [3.05, 3.63) is 72.2 Å². The normalized spacial score (nSPS) is 18.6. The van der Waals surface area contributed by atoms with Crippen molar-refractivity contribution in [3.8, 4) is 23.0 Å². The molecule has 1 atom stereocenters. The molecule has 0 bridgehead atoms. The summed E-state index contributed by atoms with van der Waals surface area (Å²) in [5.74, 6) is -0.446. The number of halogens is 4. The van der Waals surface area contributed by atoms with Crippen molar-refractivity contribution in [2.75, 3.05) is 0 Å². The molecule has 0 radical (unpaired) electrons. The Morgan fingerprint density at radius 3 is 2.47 bits per heavy atom. The molecule has 2 aromatic carbocycles. The topological polar surface area (TPSA) is 78.6 Å². The molecule has 156 valence electrons. The van der Waals surface area contributed by atoms with Gasteiger partial charge >= 0.3 is 6.36 Å². The number of nitrogens with one attached hydrogen (secondary N) is 1. The summed E-state index contributed by atoms with van der Waals surface area (Å²) < 4.78 is 65.4. The van der Waals surface area contributed by atoms with Gasteiger partial charge in [0.25, 0.3) is 5.89 Å². The van der Waals surface area contributed by atoms with Gasteiger partial charge in [-0.1, -0.05) is 12.1 Å². The quantitative estimate of drug-likeness (QED) is 0.608. The average molecular weight is 423 g/mol. The Balaban J connectivity index is 1.52. The van der Waals surface area contributed by atoms with Gasteiger partial charge < -0.3 is 13.9 Å². The van der Waals surface area contributed by atoms with Crippen LogP contribution in [0.25, 0.3) is 11.5 Å². The zero-order chi connectivity index (χ0) is 21.4. The highest BCUT2D eigenvalue weighted by Gasteiger charge is 2.34. The number of benzene rings is 2. The van der Waals surface area contributed by atoms with Crippen LogP contribution in [-0.2, 0) is 10.4 Å². The number of nitrogens with zero attached hydrogens (tertiary/aromatic N) is 2. The Hall–Kier alpha value is -3.60. The third-order valence-corrected chi connectivity index (χ3v) is 4.19. The minimum atomic E-state index is -4.77. The fourth-order valence-electron chi connectivity index (χ4n) is 2.79. The molecule has 2 heterocycles. The zero-order valence-electron chi connectivity index (χ0n) is 15.2. The minimum absolute atomic E-state index is 0.00596. The number of alkyl halides is 3. The first-order valence-electron chi connectivity index (χ1n) is 8.49. The van der Waals surface area contributed by atoms with E-state index >= 15 is 0 Å². The molecule has 0 fully saturated rings. The van der Waals surface area contributed by atoms with Gasteiger partial charge in [0.2, 0.25) is 12.3 Å². The Labute approximate surface area is 166 Å². The number of ether oxygens (including phenoxy) is 2. The Bertz CT molecular complexity index is 1070. The lowest BCUT2D eigenvalue weighted by molar-refractivity contribution is -0.274. The molecule has 0 aliphatic carbocycles. The van der Waals surface area contributed by atoms with Crippen molar-refractivity contribution >= 4 is 0 Å². The Kier molecular flexibility index (Phi) is 4.82. The highest BCUT2D eigenvalue weighted by molar-refractivity contribution is 5.56. The first-order chi connectivity index (χ1) is 14.2. The van der Waals surface area contributed by atoms with Crippen LogP contribution in [0.2, 0.25) is 0 Å². The molecule has 30 heavy (non-hydrogen) atoms. The molecular formula is C19H13F4N3O4. The van der Waals surface area contributed by atoms with E-state index in [1.54, 1.807) is 13.0 Å². The van der Waals surface area contributed by atoms with Gasteiger partial charge in [0.05, 0.1) is 5.56 Å². The van der Waals surface area contributed by atoms with E-state index in [4.69, 9.17) is 14.0 Å². The summed E-state index contributed by atoms with van der Waals surface area (Å²) in [6, 6.07) is 9.20. The van der Waals surface area contributed by atoms with Crippen LogP contribution in [-0.4, -0.2) is 16.6 Å². The van der Waals surface area contributed by atoms with Crippen LogP contribution in [0, 0.1) is 5.82 Å². The molecule has 1 N–H and O–H groups in total. The van der Waals surface area contributed by atoms with Crippen LogP contribution in [0.5, 0.6) is 11.5 Å². The summed E-state index contributed by atoms with van der Waals surface area (Å²) in [7, 11) is 0. The maximum Gasteiger partial charge on any atom is 0.573 e. The summed E-state index contributed by atoms with van der Waals surface area (Å²) in [4.78, 5) is 5.53. The van der Waals surface area contributed by atoms with Crippen molar-refractivity contribution in [1.29, 1.82) is 0 Å². The van der Waals surface area contributed by atoms with Gasteiger partial charge in [-0.25, -0.2) is 9.87 Å². The van der Waals surface area contributed by atoms with E-state index in [9.17, 15) is 17.6 Å². The highest BCUT2D eigenvalue weighted by atomic mass is 19.4. The summed E-state index contributed by atoms with van der Waals surface area (Å²) in [5.41, 5.74) is 2.18. The van der Waals surface area contributed by atoms with Gasteiger partial charge in [0.15, 0.2) is 0 Å². The fraction of sp³-hybridized carbons (Fsp3) is 0.158. The lowest BCUT2D eigenvalue weighted by atomic mass is 9.96. The molecule has 0 saturated heterocycles. The SMILES string of the molecule is C[C@@]1(c2ccc(OC(F)(F)F)cc2)C=C(Oc2ccc(F)c(-c3nnco3)c2)NO1. The molecule has 1 aliphatic heterocycles. The minimum Gasteiger partial charge on any atom is -0.439 e. The number of hydrogen-bond acceptors (Lipinski definition) is 7. The second-order valence-corrected chi connectivity index (χ2v) is 6.38. The number of aromatic nitrogens is 2. The number of hydroxylamine groups is 1. The predicted molar refractivity (Wildman–Crippen MR) is 93.1 cm³/mol. The standard InChI is InChI=1S/C19H13F4N3O4/c1-18(11-2-4-12(5-3-11)29-19(21,22)23)9-16(26-30-18)28-13-6-7-15(20)14(8-13)17-25-24-10-27-17/h2-10,26H,1H3/t18-/m0/s1. The molecule has 0 unspecified atom stereocenters. The van der Waals surface area contributed by atoms with Crippen LogP contribution < -0.4 is 15.0 Å². The molecule has 11 heteroatoms. The molecule has 0 saturated carbocycles. The molecule has 0 spiro atoms. The molecule has 7 nitrogen and oxygen atoms in total. The number of rotatable bonds is 5. The van der Waals surface area contributed by atoms with Gasteiger partial charge in [-0.15, -0.1) is 23.4 Å². The van der Waals surface area contributed by atoms with E-state index in [1.807, 2.05) is 0 Å². The lowest BCUT2D eigenvalue weighted by Gasteiger charge is -2.20. The third kappa shape index (κ3) is 4.20. The monoisotopic (exact) mass is 423 g/mol. The second-order valence-electron chi connectivity index (χ2n) is 6.38. The summed E-state index contributed by atoms with van der Waals surface area (Å²) >= 11 is 0.